The third-order valence-electron chi connectivity index (χ3n) is 6.15. The van der Waals surface area contributed by atoms with Gasteiger partial charge in [-0.3, -0.25) is 5.01 Å². The molecular formula is C24H24F2N4O. The number of halogens is 2. The molecule has 5 rings (SSSR count). The van der Waals surface area contributed by atoms with Gasteiger partial charge < -0.3 is 15.4 Å². The van der Waals surface area contributed by atoms with Gasteiger partial charge in [0.1, 0.15) is 5.69 Å². The first-order valence-electron chi connectivity index (χ1n) is 10.5. The lowest BCUT2D eigenvalue weighted by Gasteiger charge is -2.34. The molecule has 0 bridgehead atoms. The molecule has 0 radical (unpaired) electrons. The molecule has 2 aliphatic heterocycles. The number of rotatable bonds is 4. The van der Waals surface area contributed by atoms with Crippen molar-refractivity contribution in [2.45, 2.75) is 19.3 Å². The van der Waals surface area contributed by atoms with Crippen LogP contribution in [0.3, 0.4) is 0 Å². The monoisotopic (exact) mass is 422 g/mol. The van der Waals surface area contributed by atoms with Crippen molar-refractivity contribution >= 4 is 22.7 Å². The molecule has 7 heteroatoms. The quantitative estimate of drug-likeness (QED) is 0.510. The summed E-state index contributed by atoms with van der Waals surface area (Å²) in [6.07, 6.45) is 3.43. The van der Waals surface area contributed by atoms with Crippen molar-refractivity contribution in [3.05, 3.63) is 77.9 Å². The Bertz CT molecular complexity index is 1070. The average molecular weight is 422 g/mol. The number of nitrogens with zero attached hydrogens (tertiary/aromatic N) is 2. The Morgan fingerprint density at radius 1 is 0.935 bits per heavy atom. The van der Waals surface area contributed by atoms with E-state index in [-0.39, 0.29) is 11.4 Å². The summed E-state index contributed by atoms with van der Waals surface area (Å²) >= 11 is 0. The summed E-state index contributed by atoms with van der Waals surface area (Å²) in [7, 11) is 0. The van der Waals surface area contributed by atoms with E-state index in [0.717, 1.165) is 44.1 Å². The van der Waals surface area contributed by atoms with Crippen molar-refractivity contribution in [2.75, 3.05) is 28.4 Å². The maximum Gasteiger partial charge on any atom is 0.195 e. The van der Waals surface area contributed by atoms with Crippen LogP contribution in [-0.4, -0.2) is 18.2 Å². The van der Waals surface area contributed by atoms with Crippen LogP contribution < -0.4 is 20.9 Å². The van der Waals surface area contributed by atoms with E-state index in [0.29, 0.717) is 11.6 Å². The van der Waals surface area contributed by atoms with E-state index in [4.69, 9.17) is 0 Å². The standard InChI is InChI=1S/C24H24F2N4O/c25-20-15-21-23(22(26)24(20)31)30(28-27-21)19-8-6-18(7-9-19)29-12-10-17(11-13-29)14-16-4-2-1-3-5-16/h1-9,15,17,27-28,31H,10-14H2. The summed E-state index contributed by atoms with van der Waals surface area (Å²) in [6.45, 7) is 2.01. The highest BCUT2D eigenvalue weighted by Gasteiger charge is 2.29. The zero-order valence-corrected chi connectivity index (χ0v) is 17.0. The van der Waals surface area contributed by atoms with Crippen LogP contribution in [0.25, 0.3) is 0 Å². The van der Waals surface area contributed by atoms with Gasteiger partial charge in [0, 0.05) is 24.8 Å². The summed E-state index contributed by atoms with van der Waals surface area (Å²) in [5, 5.41) is 11.1. The molecule has 0 atom stereocenters. The number of hydrogen-bond donors (Lipinski definition) is 3. The maximum atomic E-state index is 14.4. The zero-order chi connectivity index (χ0) is 21.4. The number of phenols is 1. The Balaban J connectivity index is 1.26. The molecule has 31 heavy (non-hydrogen) atoms. The van der Waals surface area contributed by atoms with E-state index in [1.54, 1.807) is 0 Å². The molecule has 5 nitrogen and oxygen atoms in total. The smallest absolute Gasteiger partial charge is 0.195 e. The lowest BCUT2D eigenvalue weighted by molar-refractivity contribution is 0.397. The maximum absolute atomic E-state index is 14.4. The predicted octanol–water partition coefficient (Wildman–Crippen LogP) is 5.11. The Labute approximate surface area is 179 Å². The minimum absolute atomic E-state index is 0.0633. The number of hydrazine groups is 2. The fourth-order valence-corrected chi connectivity index (χ4v) is 4.43. The fraction of sp³-hybridized carbons (Fsp3) is 0.250. The van der Waals surface area contributed by atoms with E-state index < -0.39 is 17.4 Å². The largest absolute Gasteiger partial charge is 0.503 e. The van der Waals surface area contributed by atoms with Gasteiger partial charge in [0.25, 0.3) is 0 Å². The fourth-order valence-electron chi connectivity index (χ4n) is 4.43. The molecule has 1 saturated heterocycles. The van der Waals surface area contributed by atoms with Crippen molar-refractivity contribution < 1.29 is 13.9 Å². The third-order valence-corrected chi connectivity index (χ3v) is 6.15. The van der Waals surface area contributed by atoms with Crippen molar-refractivity contribution in [3.8, 4) is 5.75 Å². The van der Waals surface area contributed by atoms with Crippen LogP contribution in [0.1, 0.15) is 18.4 Å². The highest BCUT2D eigenvalue weighted by Crippen LogP contribution is 2.42. The average Bonchev–Trinajstić information content (AvgIpc) is 3.23. The van der Waals surface area contributed by atoms with Gasteiger partial charge in [-0.25, -0.2) is 8.78 Å². The second-order valence-electron chi connectivity index (χ2n) is 8.13. The Morgan fingerprint density at radius 3 is 2.32 bits per heavy atom. The molecule has 0 aromatic heterocycles. The minimum Gasteiger partial charge on any atom is -0.503 e. The SMILES string of the molecule is Oc1c(F)cc2c(c1F)N(c1ccc(N3CCC(Cc4ccccc4)CC3)cc1)NN2. The molecule has 0 amide bonds. The third kappa shape index (κ3) is 3.77. The van der Waals surface area contributed by atoms with Crippen molar-refractivity contribution in [1.29, 1.82) is 0 Å². The van der Waals surface area contributed by atoms with Crippen molar-refractivity contribution in [3.63, 3.8) is 0 Å². The number of anilines is 4. The molecule has 0 saturated carbocycles. The number of phenolic OH excluding ortho intramolecular Hbond substituents is 1. The molecular weight excluding hydrogens is 398 g/mol. The highest BCUT2D eigenvalue weighted by atomic mass is 19.1. The van der Waals surface area contributed by atoms with Crippen LogP contribution >= 0.6 is 0 Å². The van der Waals surface area contributed by atoms with E-state index in [9.17, 15) is 13.9 Å². The summed E-state index contributed by atoms with van der Waals surface area (Å²) in [4.78, 5) is 2.37. The van der Waals surface area contributed by atoms with Crippen molar-refractivity contribution in [1.82, 2.24) is 5.53 Å². The molecule has 3 N–H and O–H groups in total. The molecule has 0 unspecified atom stereocenters. The number of aromatic hydroxyl groups is 1. The van der Waals surface area contributed by atoms with Gasteiger partial charge in [-0.15, -0.1) is 5.53 Å². The topological polar surface area (TPSA) is 50.8 Å². The second-order valence-corrected chi connectivity index (χ2v) is 8.13. The van der Waals surface area contributed by atoms with E-state index in [1.807, 2.05) is 24.3 Å². The van der Waals surface area contributed by atoms with Gasteiger partial charge in [-0.2, -0.15) is 0 Å². The highest BCUT2D eigenvalue weighted by molar-refractivity contribution is 5.81. The summed E-state index contributed by atoms with van der Waals surface area (Å²) in [6, 6.07) is 19.5. The molecule has 3 aromatic carbocycles. The normalized spacial score (nSPS) is 16.3. The summed E-state index contributed by atoms with van der Waals surface area (Å²) in [5.41, 5.74) is 9.05. The van der Waals surface area contributed by atoms with Crippen LogP contribution in [0.5, 0.6) is 5.75 Å². The van der Waals surface area contributed by atoms with Gasteiger partial charge in [0.05, 0.1) is 11.4 Å². The Hall–Kier alpha value is -3.32. The Morgan fingerprint density at radius 2 is 1.61 bits per heavy atom. The molecule has 1 fully saturated rings. The first-order chi connectivity index (χ1) is 15.1. The molecule has 0 aliphatic carbocycles. The first-order valence-corrected chi connectivity index (χ1v) is 10.5. The van der Waals surface area contributed by atoms with Crippen LogP contribution in [0.2, 0.25) is 0 Å². The summed E-state index contributed by atoms with van der Waals surface area (Å²) in [5.74, 6) is -2.29. The van der Waals surface area contributed by atoms with E-state index >= 15 is 0 Å². The van der Waals surface area contributed by atoms with Gasteiger partial charge >= 0.3 is 0 Å². The van der Waals surface area contributed by atoms with Crippen LogP contribution in [0.15, 0.2) is 60.7 Å². The second kappa shape index (κ2) is 8.07. The molecule has 3 aromatic rings. The van der Waals surface area contributed by atoms with E-state index in [1.165, 1.54) is 10.6 Å². The van der Waals surface area contributed by atoms with Gasteiger partial charge in [0.15, 0.2) is 17.4 Å². The number of nitrogens with one attached hydrogen (secondary N) is 2. The van der Waals surface area contributed by atoms with Crippen LogP contribution in [-0.2, 0) is 6.42 Å². The number of piperidine rings is 1. The van der Waals surface area contributed by atoms with Crippen molar-refractivity contribution in [2.24, 2.45) is 5.92 Å². The van der Waals surface area contributed by atoms with Crippen LogP contribution in [0.4, 0.5) is 31.5 Å². The predicted molar refractivity (Wildman–Crippen MR) is 118 cm³/mol. The molecule has 2 heterocycles. The minimum atomic E-state index is -1.00. The molecule has 160 valence electrons. The van der Waals surface area contributed by atoms with Gasteiger partial charge in [-0.1, -0.05) is 30.3 Å². The lowest BCUT2D eigenvalue weighted by Crippen LogP contribution is -2.34. The first kappa shape index (κ1) is 19.6. The molecule has 2 aliphatic rings. The number of hydrogen-bond acceptors (Lipinski definition) is 5. The van der Waals surface area contributed by atoms with Crippen LogP contribution in [0, 0.1) is 17.6 Å². The van der Waals surface area contributed by atoms with Gasteiger partial charge in [0.2, 0.25) is 0 Å². The molecule has 0 spiro atoms. The van der Waals surface area contributed by atoms with E-state index in [2.05, 4.69) is 46.2 Å². The number of fused-ring (bicyclic) bond motifs is 1. The lowest BCUT2D eigenvalue weighted by atomic mass is 9.90. The van der Waals surface area contributed by atoms with Gasteiger partial charge in [-0.05, 0) is 55.0 Å². The zero-order valence-electron chi connectivity index (χ0n) is 17.0. The number of benzene rings is 3. The summed E-state index contributed by atoms with van der Waals surface area (Å²) < 4.78 is 28.0. The Kier molecular flexibility index (Phi) is 5.11.